The van der Waals surface area contributed by atoms with Crippen LogP contribution in [-0.4, -0.2) is 12.3 Å². The molecule has 0 saturated heterocycles. The molecule has 0 aliphatic heterocycles. The van der Waals surface area contributed by atoms with Gasteiger partial charge in [-0.05, 0) is 13.7 Å². The van der Waals surface area contributed by atoms with Gasteiger partial charge < -0.3 is 0 Å². The molecule has 0 N–H and O–H groups in total. The Kier molecular flexibility index (Phi) is 2.62. The van der Waals surface area contributed by atoms with Crippen molar-refractivity contribution in [2.75, 3.05) is 0 Å². The van der Waals surface area contributed by atoms with Gasteiger partial charge in [0, 0.05) is 0 Å². The summed E-state index contributed by atoms with van der Waals surface area (Å²) in [5.41, 5.74) is 0. The first-order valence-electron chi connectivity index (χ1n) is 3.09. The van der Waals surface area contributed by atoms with Gasteiger partial charge in [-0.2, -0.15) is 0 Å². The monoisotopic (exact) mass is 228 g/mol. The molecule has 9 heteroatoms. The molecule has 0 fully saturated rings. The summed E-state index contributed by atoms with van der Waals surface area (Å²) in [5.74, 6) is 0. The summed E-state index contributed by atoms with van der Waals surface area (Å²) < 4.78 is 37.5. The first kappa shape index (κ1) is 9.79. The maximum absolute atomic E-state index is 11.3. The van der Waals surface area contributed by atoms with E-state index in [0.717, 1.165) is 0 Å². The lowest BCUT2D eigenvalue weighted by Crippen LogP contribution is -1.94. The lowest BCUT2D eigenvalue weighted by Gasteiger charge is -1.74. The van der Waals surface area contributed by atoms with Gasteiger partial charge in [-0.15, -0.1) is 0 Å². The van der Waals surface area contributed by atoms with E-state index in [1.54, 1.807) is 0 Å². The van der Waals surface area contributed by atoms with Gasteiger partial charge in [0.1, 0.15) is 21.1 Å². The fourth-order valence-electron chi connectivity index (χ4n) is 0.758. The lowest BCUT2D eigenvalue weighted by atomic mass is 11.6. The number of hydrogen-bond donors (Lipinski definition) is 0. The molecule has 0 saturated carbocycles. The molecule has 0 atom stereocenters. The Labute approximate surface area is 71.0 Å². The van der Waals surface area contributed by atoms with Crippen molar-refractivity contribution in [3.05, 3.63) is 0 Å². The van der Waals surface area contributed by atoms with Gasteiger partial charge in [-0.1, -0.05) is 0 Å². The Morgan fingerprint density at radius 2 is 0.833 bits per heavy atom. The zero-order chi connectivity index (χ0) is 9.46. The highest BCUT2D eigenvalue weighted by molar-refractivity contribution is 7.52. The van der Waals surface area contributed by atoms with Crippen molar-refractivity contribution >= 4 is 23.2 Å². The quantitative estimate of drug-likeness (QED) is 0.681. The Hall–Kier alpha value is -0.300. The predicted molar refractivity (Wildman–Crippen MR) is 46.2 cm³/mol. The number of aromatic nitrogens is 3. The van der Waals surface area contributed by atoms with E-state index in [2.05, 4.69) is 0 Å². The maximum atomic E-state index is 11.3. The summed E-state index contributed by atoms with van der Waals surface area (Å²) in [4.78, 5) is 0. The first-order chi connectivity index (χ1) is 5.46. The SMILES string of the molecule is Cn1[p+](=O)n(C)[p+](=O)n(C)[p+]1=O. The van der Waals surface area contributed by atoms with E-state index < -0.39 is 23.2 Å². The van der Waals surface area contributed by atoms with Gasteiger partial charge >= 0.3 is 23.2 Å². The van der Waals surface area contributed by atoms with Crippen molar-refractivity contribution < 1.29 is 13.7 Å². The van der Waals surface area contributed by atoms with Crippen LogP contribution in [-0.2, 0) is 34.8 Å². The number of nitrogens with zero attached hydrogens (tertiary/aromatic N) is 3. The zero-order valence-corrected chi connectivity index (χ0v) is 9.59. The minimum atomic E-state index is -1.91. The van der Waals surface area contributed by atoms with Crippen LogP contribution < -0.4 is 0 Å². The van der Waals surface area contributed by atoms with Gasteiger partial charge in [0.05, 0.1) is 12.3 Å². The summed E-state index contributed by atoms with van der Waals surface area (Å²) in [7, 11) is -1.30. The molecule has 1 aromatic heterocycles. The minimum absolute atomic E-state index is 1.21. The van der Waals surface area contributed by atoms with Crippen LogP contribution in [0, 0.1) is 0 Å². The van der Waals surface area contributed by atoms with E-state index in [4.69, 9.17) is 0 Å². The third-order valence-electron chi connectivity index (χ3n) is 1.49. The van der Waals surface area contributed by atoms with Crippen LogP contribution in [0.5, 0.6) is 0 Å². The second kappa shape index (κ2) is 3.21. The fourth-order valence-corrected chi connectivity index (χ4v) is 6.18. The Bertz CT molecular complexity index is 381. The van der Waals surface area contributed by atoms with Crippen LogP contribution in [0.15, 0.2) is 0 Å². The molecular weight excluding hydrogens is 219 g/mol. The molecule has 0 radical (unpaired) electrons. The molecule has 0 bridgehead atoms. The van der Waals surface area contributed by atoms with Gasteiger partial charge in [0.2, 0.25) is 0 Å². The van der Waals surface area contributed by atoms with Crippen LogP contribution >= 0.6 is 23.2 Å². The molecular formula is C3H9N3O3P3+3. The summed E-state index contributed by atoms with van der Waals surface area (Å²) in [6, 6.07) is 0. The summed E-state index contributed by atoms with van der Waals surface area (Å²) >= 11 is 0. The van der Waals surface area contributed by atoms with E-state index in [9.17, 15) is 13.7 Å². The minimum Gasteiger partial charge on any atom is -0.00318 e. The number of hydrogen-bond acceptors (Lipinski definition) is 3. The predicted octanol–water partition coefficient (Wildman–Crippen LogP) is 1.93. The second-order valence-corrected chi connectivity index (χ2v) is 8.29. The van der Waals surface area contributed by atoms with Gasteiger partial charge in [0.25, 0.3) is 0 Å². The van der Waals surface area contributed by atoms with Crippen molar-refractivity contribution in [3.8, 4) is 0 Å². The van der Waals surface area contributed by atoms with Crippen LogP contribution in [0.25, 0.3) is 0 Å². The van der Waals surface area contributed by atoms with Crippen molar-refractivity contribution in [2.24, 2.45) is 21.1 Å². The topological polar surface area (TPSA) is 66.0 Å². The van der Waals surface area contributed by atoms with Gasteiger partial charge in [-0.25, -0.2) is 0 Å². The van der Waals surface area contributed by atoms with Gasteiger partial charge in [0.15, 0.2) is 0 Å². The first-order valence-corrected chi connectivity index (χ1v) is 6.58. The van der Waals surface area contributed by atoms with Crippen LogP contribution in [0.4, 0.5) is 0 Å². The zero-order valence-electron chi connectivity index (χ0n) is 6.91. The summed E-state index contributed by atoms with van der Waals surface area (Å²) in [6.07, 6.45) is 0. The largest absolute Gasteiger partial charge is 0.674 e. The normalized spacial score (nSPS) is 14.8. The fraction of sp³-hybridized carbons (Fsp3) is 1.00. The Morgan fingerprint density at radius 1 is 0.667 bits per heavy atom. The molecule has 66 valence electrons. The standard InChI is InChI=1S/C3H9N3O3P3/c1-4-10(7)5(2)12(9)6(3)11(4)8/h1-3H3/q+3. The number of rotatable bonds is 0. The van der Waals surface area contributed by atoms with Crippen LogP contribution in [0.2, 0.25) is 0 Å². The highest BCUT2D eigenvalue weighted by Gasteiger charge is 2.35. The molecule has 0 amide bonds. The maximum Gasteiger partial charge on any atom is 0.674 e. The molecule has 12 heavy (non-hydrogen) atoms. The Morgan fingerprint density at radius 3 is 1.00 bits per heavy atom. The average Bonchev–Trinajstić information content (AvgIpc) is 2.08. The lowest BCUT2D eigenvalue weighted by molar-refractivity contribution is 0.562. The molecule has 1 rings (SSSR count). The van der Waals surface area contributed by atoms with E-state index >= 15 is 0 Å². The molecule has 6 nitrogen and oxygen atoms in total. The molecule has 0 unspecified atom stereocenters. The molecule has 1 heterocycles. The van der Waals surface area contributed by atoms with E-state index in [0.29, 0.717) is 0 Å². The third-order valence-corrected chi connectivity index (χ3v) is 7.21. The van der Waals surface area contributed by atoms with Gasteiger partial charge in [-0.3, -0.25) is 0 Å². The average molecular weight is 228 g/mol. The summed E-state index contributed by atoms with van der Waals surface area (Å²) in [5, 5.41) is 0. The molecule has 1 aromatic rings. The van der Waals surface area contributed by atoms with Crippen LogP contribution in [0.1, 0.15) is 0 Å². The summed E-state index contributed by atoms with van der Waals surface area (Å²) in [6.45, 7) is 0. The molecule has 0 spiro atoms. The second-order valence-electron chi connectivity index (χ2n) is 2.23. The smallest absolute Gasteiger partial charge is 0.00318 e. The van der Waals surface area contributed by atoms with Crippen molar-refractivity contribution in [1.29, 1.82) is 0 Å². The molecule has 0 aliphatic rings. The molecule has 0 aromatic carbocycles. The van der Waals surface area contributed by atoms with Crippen molar-refractivity contribution in [3.63, 3.8) is 0 Å². The highest BCUT2D eigenvalue weighted by atomic mass is 31.2. The molecule has 0 aliphatic carbocycles. The Balaban J connectivity index is 4.00. The highest BCUT2D eigenvalue weighted by Crippen LogP contribution is 2.29. The van der Waals surface area contributed by atoms with Crippen LogP contribution in [0.3, 0.4) is 0 Å². The van der Waals surface area contributed by atoms with E-state index in [-0.39, 0.29) is 0 Å². The van der Waals surface area contributed by atoms with E-state index in [1.165, 1.54) is 33.4 Å². The third kappa shape index (κ3) is 1.31. The van der Waals surface area contributed by atoms with Crippen molar-refractivity contribution in [1.82, 2.24) is 12.3 Å². The van der Waals surface area contributed by atoms with E-state index in [1.807, 2.05) is 0 Å². The van der Waals surface area contributed by atoms with Crippen molar-refractivity contribution in [2.45, 2.75) is 0 Å².